The molecule has 6 heteroatoms. The summed E-state index contributed by atoms with van der Waals surface area (Å²) in [6.07, 6.45) is 4.72. The molecule has 0 saturated heterocycles. The molecule has 1 atom stereocenters. The van der Waals surface area contributed by atoms with Crippen molar-refractivity contribution in [1.82, 2.24) is 14.8 Å². The molecule has 0 aliphatic heterocycles. The number of rotatable bonds is 8. The second-order valence-electron chi connectivity index (χ2n) is 8.89. The molecule has 2 aromatic heterocycles. The van der Waals surface area contributed by atoms with Crippen LogP contribution in [0.2, 0.25) is 0 Å². The van der Waals surface area contributed by atoms with E-state index in [1.54, 1.807) is 21.8 Å². The predicted molar refractivity (Wildman–Crippen MR) is 134 cm³/mol. The number of furan rings is 1. The van der Waals surface area contributed by atoms with E-state index >= 15 is 0 Å². The lowest BCUT2D eigenvalue weighted by Gasteiger charge is -2.28. The Kier molecular flexibility index (Phi) is 6.87. The summed E-state index contributed by atoms with van der Waals surface area (Å²) in [5.74, 6) is -0.205. The summed E-state index contributed by atoms with van der Waals surface area (Å²) in [6, 6.07) is 17.6. The number of aryl methyl sites for hydroxylation is 3. The maximum atomic E-state index is 13.6. The van der Waals surface area contributed by atoms with Gasteiger partial charge in [-0.2, -0.15) is 0 Å². The number of aromatic nitrogens is 1. The summed E-state index contributed by atoms with van der Waals surface area (Å²) < 4.78 is 7.50. The van der Waals surface area contributed by atoms with E-state index in [9.17, 15) is 9.59 Å². The molecule has 2 amide bonds. The van der Waals surface area contributed by atoms with Gasteiger partial charge in [0, 0.05) is 38.3 Å². The van der Waals surface area contributed by atoms with Crippen LogP contribution in [-0.2, 0) is 13.5 Å². The lowest BCUT2D eigenvalue weighted by Crippen LogP contribution is -2.41. The normalized spacial score (nSPS) is 12.0. The number of amides is 2. The van der Waals surface area contributed by atoms with E-state index in [0.29, 0.717) is 36.2 Å². The van der Waals surface area contributed by atoms with Gasteiger partial charge >= 0.3 is 0 Å². The quantitative estimate of drug-likeness (QED) is 0.410. The Hall–Kier alpha value is -3.80. The smallest absolute Gasteiger partial charge is 0.267 e. The van der Waals surface area contributed by atoms with Crippen molar-refractivity contribution in [3.05, 3.63) is 95.0 Å². The van der Waals surface area contributed by atoms with Gasteiger partial charge < -0.3 is 19.2 Å². The molecular formula is C28H31N3O3. The molecule has 0 bridgehead atoms. The van der Waals surface area contributed by atoms with Crippen LogP contribution in [0.3, 0.4) is 0 Å². The van der Waals surface area contributed by atoms with Gasteiger partial charge in [0.15, 0.2) is 0 Å². The molecule has 0 radical (unpaired) electrons. The molecule has 2 aromatic carbocycles. The number of carbonyl (C=O) groups excluding carboxylic acids is 2. The van der Waals surface area contributed by atoms with Crippen molar-refractivity contribution in [1.29, 1.82) is 0 Å². The zero-order valence-corrected chi connectivity index (χ0v) is 20.2. The minimum Gasteiger partial charge on any atom is -0.463 e. The summed E-state index contributed by atoms with van der Waals surface area (Å²) >= 11 is 0. The largest absolute Gasteiger partial charge is 0.463 e. The molecule has 1 N–H and O–H groups in total. The van der Waals surface area contributed by atoms with E-state index in [-0.39, 0.29) is 17.9 Å². The van der Waals surface area contributed by atoms with E-state index in [2.05, 4.69) is 17.4 Å². The van der Waals surface area contributed by atoms with Crippen LogP contribution in [0.5, 0.6) is 0 Å². The molecule has 0 saturated carbocycles. The monoisotopic (exact) mass is 457 g/mol. The van der Waals surface area contributed by atoms with Crippen molar-refractivity contribution in [2.45, 2.75) is 32.7 Å². The fraction of sp³-hybridized carbons (Fsp3) is 0.286. The lowest BCUT2D eigenvalue weighted by molar-refractivity contribution is 0.0723. The fourth-order valence-corrected chi connectivity index (χ4v) is 4.26. The number of carbonyl (C=O) groups is 2. The third-order valence-electron chi connectivity index (χ3n) is 6.54. The molecular weight excluding hydrogens is 426 g/mol. The van der Waals surface area contributed by atoms with Crippen molar-refractivity contribution < 1.29 is 14.0 Å². The molecule has 34 heavy (non-hydrogen) atoms. The van der Waals surface area contributed by atoms with Crippen LogP contribution < -0.4 is 5.32 Å². The number of benzene rings is 2. The number of hydrogen-bond donors (Lipinski definition) is 1. The Labute approximate surface area is 200 Å². The van der Waals surface area contributed by atoms with Gasteiger partial charge in [0.25, 0.3) is 11.8 Å². The highest BCUT2D eigenvalue weighted by molar-refractivity contribution is 6.06. The second-order valence-corrected chi connectivity index (χ2v) is 8.89. The summed E-state index contributed by atoms with van der Waals surface area (Å²) in [5, 5.41) is 3.83. The van der Waals surface area contributed by atoms with Gasteiger partial charge in [0.1, 0.15) is 17.5 Å². The van der Waals surface area contributed by atoms with Gasteiger partial charge in [-0.1, -0.05) is 30.3 Å². The number of fused-ring (bicyclic) bond motifs is 1. The molecule has 4 rings (SSSR count). The molecule has 0 spiro atoms. The highest BCUT2D eigenvalue weighted by Crippen LogP contribution is 2.26. The first-order valence-electron chi connectivity index (χ1n) is 11.5. The maximum absolute atomic E-state index is 13.6. The molecule has 176 valence electrons. The van der Waals surface area contributed by atoms with Gasteiger partial charge in [-0.05, 0) is 67.6 Å². The summed E-state index contributed by atoms with van der Waals surface area (Å²) in [6.45, 7) is 4.53. The van der Waals surface area contributed by atoms with Crippen LogP contribution in [0.1, 0.15) is 44.0 Å². The van der Waals surface area contributed by atoms with Crippen LogP contribution in [0.25, 0.3) is 11.0 Å². The molecule has 2 heterocycles. The second kappa shape index (κ2) is 10.00. The Bertz CT molecular complexity index is 1300. The molecule has 1 unspecified atom stereocenters. The first-order valence-corrected chi connectivity index (χ1v) is 11.5. The van der Waals surface area contributed by atoms with E-state index in [1.807, 2.05) is 70.5 Å². The van der Waals surface area contributed by atoms with Gasteiger partial charge in [-0.15, -0.1) is 0 Å². The first kappa shape index (κ1) is 23.4. The number of nitrogens with zero attached hydrogens (tertiary/aromatic N) is 2. The summed E-state index contributed by atoms with van der Waals surface area (Å²) in [7, 11) is 3.67. The van der Waals surface area contributed by atoms with E-state index < -0.39 is 0 Å². The average molecular weight is 458 g/mol. The first-order chi connectivity index (χ1) is 16.3. The summed E-state index contributed by atoms with van der Waals surface area (Å²) in [5.41, 5.74) is 5.28. The molecule has 0 aliphatic rings. The van der Waals surface area contributed by atoms with Gasteiger partial charge in [-0.25, -0.2) is 0 Å². The number of likely N-dealkylation sites (N-methyl/N-ethyl adjacent to an activating group) is 1. The third-order valence-corrected chi connectivity index (χ3v) is 6.54. The summed E-state index contributed by atoms with van der Waals surface area (Å²) in [4.78, 5) is 27.9. The standard InChI is InChI=1S/C28H31N3O3/c1-19-15-23-24(18-34-26(23)16-20(19)2)28(33)31(4)22(17-21-9-6-5-7-10-21)12-13-29-27(32)25-11-8-14-30(25)3/h5-11,14-16,18,22H,12-13,17H2,1-4H3,(H,29,32). The average Bonchev–Trinajstić information content (AvgIpc) is 3.44. The van der Waals surface area contributed by atoms with Gasteiger partial charge in [0.2, 0.25) is 0 Å². The highest BCUT2D eigenvalue weighted by Gasteiger charge is 2.25. The van der Waals surface area contributed by atoms with Crippen molar-refractivity contribution in [3.63, 3.8) is 0 Å². The van der Waals surface area contributed by atoms with Crippen molar-refractivity contribution >= 4 is 22.8 Å². The van der Waals surface area contributed by atoms with Gasteiger partial charge in [-0.3, -0.25) is 9.59 Å². The Morgan fingerprint density at radius 2 is 1.79 bits per heavy atom. The van der Waals surface area contributed by atoms with E-state index in [0.717, 1.165) is 22.1 Å². The minimum absolute atomic E-state index is 0.0864. The van der Waals surface area contributed by atoms with Crippen LogP contribution in [0.4, 0.5) is 0 Å². The lowest BCUT2D eigenvalue weighted by atomic mass is 10.0. The van der Waals surface area contributed by atoms with Crippen molar-refractivity contribution in [2.75, 3.05) is 13.6 Å². The van der Waals surface area contributed by atoms with E-state index in [1.165, 1.54) is 0 Å². The maximum Gasteiger partial charge on any atom is 0.267 e. The topological polar surface area (TPSA) is 67.5 Å². The van der Waals surface area contributed by atoms with E-state index in [4.69, 9.17) is 4.42 Å². The Morgan fingerprint density at radius 1 is 1.06 bits per heavy atom. The fourth-order valence-electron chi connectivity index (χ4n) is 4.26. The molecule has 0 fully saturated rings. The highest BCUT2D eigenvalue weighted by atomic mass is 16.3. The van der Waals surface area contributed by atoms with Crippen LogP contribution in [-0.4, -0.2) is 40.9 Å². The number of hydrogen-bond acceptors (Lipinski definition) is 3. The Morgan fingerprint density at radius 3 is 2.50 bits per heavy atom. The number of nitrogens with one attached hydrogen (secondary N) is 1. The zero-order chi connectivity index (χ0) is 24.2. The molecule has 4 aromatic rings. The molecule has 0 aliphatic carbocycles. The van der Waals surface area contributed by atoms with Gasteiger partial charge in [0.05, 0.1) is 5.56 Å². The SMILES string of the molecule is Cc1cc2occ(C(=O)N(C)C(CCNC(=O)c3cccn3C)Cc3ccccc3)c2cc1C. The van der Waals surface area contributed by atoms with Crippen molar-refractivity contribution in [2.24, 2.45) is 7.05 Å². The van der Waals surface area contributed by atoms with Crippen LogP contribution >= 0.6 is 0 Å². The zero-order valence-electron chi connectivity index (χ0n) is 20.2. The molecule has 6 nitrogen and oxygen atoms in total. The predicted octanol–water partition coefficient (Wildman–Crippen LogP) is 4.89. The van der Waals surface area contributed by atoms with Crippen LogP contribution in [0.15, 0.2) is 71.5 Å². The Balaban J connectivity index is 1.53. The van der Waals surface area contributed by atoms with Crippen LogP contribution in [0, 0.1) is 13.8 Å². The minimum atomic E-state index is -0.119. The third kappa shape index (κ3) is 4.91. The van der Waals surface area contributed by atoms with Crippen molar-refractivity contribution in [3.8, 4) is 0 Å².